The molecule has 0 bridgehead atoms. The van der Waals surface area contributed by atoms with Gasteiger partial charge in [0, 0.05) is 17.4 Å². The Morgan fingerprint density at radius 2 is 1.89 bits per heavy atom. The van der Waals surface area contributed by atoms with Crippen molar-refractivity contribution in [1.29, 1.82) is 0 Å². The van der Waals surface area contributed by atoms with Crippen LogP contribution in [0, 0.1) is 13.8 Å². The van der Waals surface area contributed by atoms with Gasteiger partial charge in [-0.15, -0.1) is 0 Å². The molecule has 102 valence electrons. The third-order valence-corrected chi connectivity index (χ3v) is 3.70. The number of hydrogen-bond acceptors (Lipinski definition) is 4. The van der Waals surface area contributed by atoms with E-state index in [0.29, 0.717) is 5.69 Å². The lowest BCUT2D eigenvalue weighted by atomic mass is 10.2. The molecule has 2 rings (SSSR count). The van der Waals surface area contributed by atoms with Crippen LogP contribution < -0.4 is 11.3 Å². The van der Waals surface area contributed by atoms with Gasteiger partial charge in [0.1, 0.15) is 4.90 Å². The lowest BCUT2D eigenvalue weighted by Gasteiger charge is -2.11. The highest BCUT2D eigenvalue weighted by molar-refractivity contribution is 7.85. The zero-order chi connectivity index (χ0) is 14.4. The third-order valence-electron chi connectivity index (χ3n) is 2.72. The lowest BCUT2D eigenvalue weighted by molar-refractivity contribution is 0.482. The van der Waals surface area contributed by atoms with Crippen molar-refractivity contribution in [3.05, 3.63) is 39.8 Å². The maximum Gasteiger partial charge on any atom is 0.294 e. The third kappa shape index (κ3) is 2.40. The zero-order valence-electron chi connectivity index (χ0n) is 10.3. The van der Waals surface area contributed by atoms with Crippen LogP contribution in [0.5, 0.6) is 0 Å². The summed E-state index contributed by atoms with van der Waals surface area (Å²) in [5.74, 6) is 0. The number of nitrogen functional groups attached to an aromatic ring is 1. The highest BCUT2D eigenvalue weighted by Crippen LogP contribution is 2.24. The molecule has 0 amide bonds. The zero-order valence-corrected chi connectivity index (χ0v) is 11.2. The van der Waals surface area contributed by atoms with E-state index in [-0.39, 0.29) is 27.4 Å². The SMILES string of the molecule is Cc1cc(=O)n(-c2cc(N)cc(S(=O)(=O)O)c2C)[nH]1. The molecule has 0 aliphatic heterocycles. The number of nitrogens with zero attached hydrogens (tertiary/aromatic N) is 1. The van der Waals surface area contributed by atoms with Crippen LogP contribution in [-0.2, 0) is 10.1 Å². The second-order valence-corrected chi connectivity index (χ2v) is 5.64. The van der Waals surface area contributed by atoms with Crippen molar-refractivity contribution in [2.75, 3.05) is 5.73 Å². The van der Waals surface area contributed by atoms with Gasteiger partial charge in [-0.3, -0.25) is 14.4 Å². The summed E-state index contributed by atoms with van der Waals surface area (Å²) in [6, 6.07) is 3.98. The summed E-state index contributed by atoms with van der Waals surface area (Å²) in [7, 11) is -4.40. The van der Waals surface area contributed by atoms with Crippen LogP contribution in [0.1, 0.15) is 11.3 Å². The molecule has 1 heterocycles. The first-order valence-corrected chi connectivity index (χ1v) is 6.81. The van der Waals surface area contributed by atoms with Crippen LogP contribution in [0.4, 0.5) is 5.69 Å². The van der Waals surface area contributed by atoms with Crippen molar-refractivity contribution >= 4 is 15.8 Å². The molecule has 1 aromatic carbocycles. The first-order valence-electron chi connectivity index (χ1n) is 5.37. The summed E-state index contributed by atoms with van der Waals surface area (Å²) in [4.78, 5) is 11.4. The summed E-state index contributed by atoms with van der Waals surface area (Å²) >= 11 is 0. The molecule has 7 nitrogen and oxygen atoms in total. The molecule has 0 aliphatic rings. The van der Waals surface area contributed by atoms with Gasteiger partial charge in [0.2, 0.25) is 0 Å². The predicted molar refractivity (Wildman–Crippen MR) is 70.1 cm³/mol. The van der Waals surface area contributed by atoms with Crippen LogP contribution in [0.25, 0.3) is 5.69 Å². The summed E-state index contributed by atoms with van der Waals surface area (Å²) < 4.78 is 32.9. The predicted octanol–water partition coefficient (Wildman–Crippen LogP) is 0.611. The summed E-state index contributed by atoms with van der Waals surface area (Å²) in [6.07, 6.45) is 0. The van der Waals surface area contributed by atoms with Crippen molar-refractivity contribution in [1.82, 2.24) is 9.78 Å². The summed E-state index contributed by atoms with van der Waals surface area (Å²) in [5.41, 5.74) is 6.55. The minimum Gasteiger partial charge on any atom is -0.399 e. The van der Waals surface area contributed by atoms with Crippen LogP contribution in [0.2, 0.25) is 0 Å². The van der Waals surface area contributed by atoms with Gasteiger partial charge in [-0.05, 0) is 31.5 Å². The first-order chi connectivity index (χ1) is 8.70. The molecular formula is C11H13N3O4S. The quantitative estimate of drug-likeness (QED) is 0.551. The Morgan fingerprint density at radius 1 is 1.26 bits per heavy atom. The van der Waals surface area contributed by atoms with Crippen molar-refractivity contribution < 1.29 is 13.0 Å². The largest absolute Gasteiger partial charge is 0.399 e. The fraction of sp³-hybridized carbons (Fsp3) is 0.182. The molecule has 19 heavy (non-hydrogen) atoms. The molecule has 0 spiro atoms. The molecule has 2 aromatic rings. The Hall–Kier alpha value is -2.06. The topological polar surface area (TPSA) is 118 Å². The van der Waals surface area contributed by atoms with Gasteiger partial charge in [0.25, 0.3) is 15.7 Å². The Labute approximate surface area is 109 Å². The van der Waals surface area contributed by atoms with Crippen LogP contribution in [0.3, 0.4) is 0 Å². The average molecular weight is 283 g/mol. The van der Waals surface area contributed by atoms with E-state index in [1.54, 1.807) is 6.92 Å². The number of hydrogen-bond donors (Lipinski definition) is 3. The monoisotopic (exact) mass is 283 g/mol. The Bertz CT molecular complexity index is 802. The van der Waals surface area contributed by atoms with E-state index in [4.69, 9.17) is 10.3 Å². The van der Waals surface area contributed by atoms with Crippen molar-refractivity contribution in [3.63, 3.8) is 0 Å². The number of H-pyrrole nitrogens is 1. The minimum atomic E-state index is -4.40. The van der Waals surface area contributed by atoms with Gasteiger partial charge in [0.15, 0.2) is 0 Å². The first kappa shape index (κ1) is 13.4. The number of nitrogens with one attached hydrogen (secondary N) is 1. The highest BCUT2D eigenvalue weighted by atomic mass is 32.2. The van der Waals surface area contributed by atoms with E-state index in [1.165, 1.54) is 23.7 Å². The molecule has 0 fully saturated rings. The number of aryl methyl sites for hydroxylation is 1. The number of anilines is 1. The van der Waals surface area contributed by atoms with E-state index in [9.17, 15) is 13.2 Å². The summed E-state index contributed by atoms with van der Waals surface area (Å²) in [6.45, 7) is 3.18. The second-order valence-electron chi connectivity index (χ2n) is 4.25. The van der Waals surface area contributed by atoms with Gasteiger partial charge >= 0.3 is 0 Å². The van der Waals surface area contributed by atoms with E-state index < -0.39 is 10.1 Å². The molecule has 0 aliphatic carbocycles. The molecule has 0 radical (unpaired) electrons. The van der Waals surface area contributed by atoms with Crippen molar-refractivity contribution in [2.24, 2.45) is 0 Å². The van der Waals surface area contributed by atoms with Gasteiger partial charge in [-0.2, -0.15) is 8.42 Å². The lowest BCUT2D eigenvalue weighted by Crippen LogP contribution is -2.16. The maximum atomic E-state index is 11.7. The van der Waals surface area contributed by atoms with Gasteiger partial charge < -0.3 is 5.73 Å². The normalized spacial score (nSPS) is 11.7. The van der Waals surface area contributed by atoms with Gasteiger partial charge in [-0.1, -0.05) is 0 Å². The van der Waals surface area contributed by atoms with Gasteiger partial charge in [-0.25, -0.2) is 4.68 Å². The number of aromatic amines is 1. The molecule has 0 saturated heterocycles. The van der Waals surface area contributed by atoms with Crippen molar-refractivity contribution in [3.8, 4) is 5.69 Å². The molecular weight excluding hydrogens is 270 g/mol. The smallest absolute Gasteiger partial charge is 0.294 e. The van der Waals surface area contributed by atoms with E-state index in [1.807, 2.05) is 0 Å². The molecule has 1 aromatic heterocycles. The van der Waals surface area contributed by atoms with Crippen molar-refractivity contribution in [2.45, 2.75) is 18.7 Å². The van der Waals surface area contributed by atoms with E-state index in [2.05, 4.69) is 5.10 Å². The van der Waals surface area contributed by atoms with Crippen LogP contribution in [-0.4, -0.2) is 22.8 Å². The number of benzene rings is 1. The minimum absolute atomic E-state index is 0.132. The fourth-order valence-electron chi connectivity index (χ4n) is 1.89. The standard InChI is InChI=1S/C11H13N3O4S/c1-6-3-11(15)14(13-6)9-4-8(12)5-10(7(9)2)19(16,17)18/h3-5,13H,12H2,1-2H3,(H,16,17,18). The molecule has 0 unspecified atom stereocenters. The van der Waals surface area contributed by atoms with Crippen LogP contribution >= 0.6 is 0 Å². The Morgan fingerprint density at radius 3 is 2.37 bits per heavy atom. The Balaban J connectivity index is 2.83. The number of nitrogens with two attached hydrogens (primary N) is 1. The molecule has 8 heteroatoms. The van der Waals surface area contributed by atoms with Gasteiger partial charge in [0.05, 0.1) is 5.69 Å². The molecule has 4 N–H and O–H groups in total. The second kappa shape index (κ2) is 4.25. The maximum absolute atomic E-state index is 11.7. The fourth-order valence-corrected chi connectivity index (χ4v) is 2.66. The average Bonchev–Trinajstić information content (AvgIpc) is 2.59. The molecule has 0 saturated carbocycles. The molecule has 0 atom stereocenters. The highest BCUT2D eigenvalue weighted by Gasteiger charge is 2.18. The van der Waals surface area contributed by atoms with E-state index in [0.717, 1.165) is 6.07 Å². The van der Waals surface area contributed by atoms with Crippen LogP contribution in [0.15, 0.2) is 27.9 Å². The van der Waals surface area contributed by atoms with E-state index >= 15 is 0 Å². The number of aromatic nitrogens is 2. The number of rotatable bonds is 2. The summed E-state index contributed by atoms with van der Waals surface area (Å²) in [5, 5.41) is 2.78. The Kier molecular flexibility index (Phi) is 2.99.